The first-order chi connectivity index (χ1) is 6.24. The monoisotopic (exact) mass is 222 g/mol. The third-order valence-electron chi connectivity index (χ3n) is 2.07. The third kappa shape index (κ3) is 5.05. The summed E-state index contributed by atoms with van der Waals surface area (Å²) in [4.78, 5) is 0. The molecule has 0 amide bonds. The van der Waals surface area contributed by atoms with Gasteiger partial charge >= 0.3 is 8.56 Å². The first kappa shape index (κ1) is 13.5. The molecule has 2 nitrogen and oxygen atoms in total. The minimum atomic E-state index is -1.84. The highest BCUT2D eigenvalue weighted by molar-refractivity contribution is 7.80. The molecule has 80 valence electrons. The van der Waals surface area contributed by atoms with Crippen molar-refractivity contribution in [3.63, 3.8) is 0 Å². The molecular weight excluding hydrogens is 200 g/mol. The summed E-state index contributed by atoms with van der Waals surface area (Å²) in [5.74, 6) is 0.925. The Bertz CT molecular complexity index is 116. The van der Waals surface area contributed by atoms with Gasteiger partial charge < -0.3 is 8.85 Å². The van der Waals surface area contributed by atoms with Crippen LogP contribution in [-0.2, 0) is 8.85 Å². The summed E-state index contributed by atoms with van der Waals surface area (Å²) in [5.41, 5.74) is 0. The van der Waals surface area contributed by atoms with Crippen LogP contribution in [0.15, 0.2) is 0 Å². The maximum absolute atomic E-state index is 5.80. The molecule has 0 aromatic heterocycles. The first-order valence-electron chi connectivity index (χ1n) is 5.13. The molecule has 4 heteroatoms. The van der Waals surface area contributed by atoms with Crippen LogP contribution < -0.4 is 0 Å². The number of hydrogen-bond acceptors (Lipinski definition) is 3. The Morgan fingerprint density at radius 2 is 1.62 bits per heavy atom. The van der Waals surface area contributed by atoms with Crippen molar-refractivity contribution in [1.29, 1.82) is 0 Å². The standard InChI is InChI=1S/C9H22O2SSi/c1-4-10-13(6-3,11-5-2)9-7-8-12/h12H,4-9H2,1-3H3. The SMILES string of the molecule is CCO[Si](CC)(CCCS)OCC. The molecule has 0 unspecified atom stereocenters. The molecule has 0 saturated heterocycles. The fourth-order valence-corrected chi connectivity index (χ4v) is 4.80. The Labute approximate surface area is 88.7 Å². The normalized spacial score (nSPS) is 12.0. The Morgan fingerprint density at radius 3 is 1.92 bits per heavy atom. The van der Waals surface area contributed by atoms with E-state index in [1.165, 1.54) is 0 Å². The van der Waals surface area contributed by atoms with Crippen LogP contribution in [0.5, 0.6) is 0 Å². The highest BCUT2D eigenvalue weighted by atomic mass is 32.1. The zero-order chi connectivity index (χ0) is 10.2. The molecule has 0 spiro atoms. The van der Waals surface area contributed by atoms with Gasteiger partial charge in [0.05, 0.1) is 0 Å². The molecule has 0 heterocycles. The molecule has 0 fully saturated rings. The molecule has 13 heavy (non-hydrogen) atoms. The van der Waals surface area contributed by atoms with E-state index in [0.29, 0.717) is 0 Å². The highest BCUT2D eigenvalue weighted by Gasteiger charge is 2.33. The molecule has 0 N–H and O–H groups in total. The van der Waals surface area contributed by atoms with E-state index in [-0.39, 0.29) is 0 Å². The van der Waals surface area contributed by atoms with Crippen LogP contribution in [-0.4, -0.2) is 27.5 Å². The van der Waals surface area contributed by atoms with Crippen molar-refractivity contribution in [2.75, 3.05) is 19.0 Å². The predicted molar refractivity (Wildman–Crippen MR) is 62.8 cm³/mol. The van der Waals surface area contributed by atoms with E-state index in [4.69, 9.17) is 8.85 Å². The summed E-state index contributed by atoms with van der Waals surface area (Å²) in [6, 6.07) is 2.12. The van der Waals surface area contributed by atoms with Crippen LogP contribution in [0.2, 0.25) is 12.1 Å². The molecule has 0 aliphatic rings. The minimum absolute atomic E-state index is 0.770. The lowest BCUT2D eigenvalue weighted by molar-refractivity contribution is 0.183. The zero-order valence-electron chi connectivity index (χ0n) is 9.01. The van der Waals surface area contributed by atoms with Crippen LogP contribution in [0.4, 0.5) is 0 Å². The first-order valence-corrected chi connectivity index (χ1v) is 7.99. The van der Waals surface area contributed by atoms with Gasteiger partial charge in [-0.1, -0.05) is 6.92 Å². The lowest BCUT2D eigenvalue weighted by Gasteiger charge is -2.28. The Hall–Kier alpha value is 0.487. The van der Waals surface area contributed by atoms with Gasteiger partial charge in [0, 0.05) is 13.2 Å². The van der Waals surface area contributed by atoms with Crippen LogP contribution >= 0.6 is 12.6 Å². The number of thiol groups is 1. The predicted octanol–water partition coefficient (Wildman–Crippen LogP) is 2.84. The average Bonchev–Trinajstić information content (AvgIpc) is 2.15. The van der Waals surface area contributed by atoms with Crippen molar-refractivity contribution in [3.05, 3.63) is 0 Å². The van der Waals surface area contributed by atoms with Crippen molar-refractivity contribution in [2.24, 2.45) is 0 Å². The van der Waals surface area contributed by atoms with E-state index in [1.807, 2.05) is 13.8 Å². The number of rotatable bonds is 8. The Balaban J connectivity index is 4.07. The zero-order valence-corrected chi connectivity index (χ0v) is 10.9. The summed E-state index contributed by atoms with van der Waals surface area (Å²) in [7, 11) is -1.84. The smallest absolute Gasteiger partial charge is 0.337 e. The van der Waals surface area contributed by atoms with E-state index >= 15 is 0 Å². The van der Waals surface area contributed by atoms with Crippen molar-refractivity contribution in [2.45, 2.75) is 39.3 Å². The van der Waals surface area contributed by atoms with Crippen LogP contribution in [0.1, 0.15) is 27.2 Å². The topological polar surface area (TPSA) is 18.5 Å². The van der Waals surface area contributed by atoms with Gasteiger partial charge in [0.15, 0.2) is 0 Å². The second-order valence-corrected chi connectivity index (χ2v) is 7.01. The van der Waals surface area contributed by atoms with Crippen molar-refractivity contribution < 1.29 is 8.85 Å². The average molecular weight is 222 g/mol. The van der Waals surface area contributed by atoms with E-state index in [1.54, 1.807) is 0 Å². The molecule has 0 aliphatic heterocycles. The van der Waals surface area contributed by atoms with E-state index in [2.05, 4.69) is 19.6 Å². The maximum atomic E-state index is 5.80. The van der Waals surface area contributed by atoms with Crippen molar-refractivity contribution >= 4 is 21.2 Å². The van der Waals surface area contributed by atoms with Gasteiger partial charge in [-0.3, -0.25) is 0 Å². The van der Waals surface area contributed by atoms with Gasteiger partial charge in [-0.05, 0) is 38.1 Å². The largest absolute Gasteiger partial charge is 0.394 e. The van der Waals surface area contributed by atoms with Gasteiger partial charge in [-0.2, -0.15) is 12.6 Å². The molecule has 0 radical (unpaired) electrons. The molecule has 0 bridgehead atoms. The quantitative estimate of drug-likeness (QED) is 0.503. The van der Waals surface area contributed by atoms with Gasteiger partial charge in [-0.15, -0.1) is 0 Å². The van der Waals surface area contributed by atoms with Gasteiger partial charge in [0.25, 0.3) is 0 Å². The van der Waals surface area contributed by atoms with Gasteiger partial charge in [0.2, 0.25) is 0 Å². The molecule has 0 aliphatic carbocycles. The third-order valence-corrected chi connectivity index (χ3v) is 6.21. The summed E-state index contributed by atoms with van der Waals surface area (Å²) in [6.07, 6.45) is 1.10. The minimum Gasteiger partial charge on any atom is -0.394 e. The molecular formula is C9H22O2SSi. The van der Waals surface area contributed by atoms with E-state index in [9.17, 15) is 0 Å². The van der Waals surface area contributed by atoms with Crippen LogP contribution in [0.25, 0.3) is 0 Å². The Morgan fingerprint density at radius 1 is 1.08 bits per heavy atom. The highest BCUT2D eigenvalue weighted by Crippen LogP contribution is 2.20. The fraction of sp³-hybridized carbons (Fsp3) is 1.00. The molecule has 0 aromatic carbocycles. The van der Waals surface area contributed by atoms with E-state index < -0.39 is 8.56 Å². The summed E-state index contributed by atoms with van der Waals surface area (Å²) >= 11 is 4.22. The Kier molecular flexibility index (Phi) is 8.14. The number of hydrogen-bond donors (Lipinski definition) is 1. The molecule has 0 aromatic rings. The van der Waals surface area contributed by atoms with Crippen molar-refractivity contribution in [1.82, 2.24) is 0 Å². The summed E-state index contributed by atoms with van der Waals surface area (Å²) in [5, 5.41) is 0. The van der Waals surface area contributed by atoms with Gasteiger partial charge in [0.1, 0.15) is 0 Å². The molecule has 0 saturated carbocycles. The lowest BCUT2D eigenvalue weighted by atomic mass is 10.6. The fourth-order valence-electron chi connectivity index (χ4n) is 1.44. The van der Waals surface area contributed by atoms with Crippen LogP contribution in [0.3, 0.4) is 0 Å². The maximum Gasteiger partial charge on any atom is 0.337 e. The van der Waals surface area contributed by atoms with Crippen molar-refractivity contribution in [3.8, 4) is 0 Å². The second-order valence-electron chi connectivity index (χ2n) is 2.96. The molecule has 0 atom stereocenters. The van der Waals surface area contributed by atoms with Crippen LogP contribution in [0, 0.1) is 0 Å². The lowest BCUT2D eigenvalue weighted by Crippen LogP contribution is -2.41. The van der Waals surface area contributed by atoms with Gasteiger partial charge in [-0.25, -0.2) is 0 Å². The molecule has 0 rings (SSSR count). The summed E-state index contributed by atoms with van der Waals surface area (Å²) in [6.45, 7) is 7.78. The summed E-state index contributed by atoms with van der Waals surface area (Å²) < 4.78 is 11.6. The van der Waals surface area contributed by atoms with E-state index in [0.717, 1.165) is 37.5 Å². The second kappa shape index (κ2) is 7.85.